The Morgan fingerprint density at radius 3 is 1.78 bits per heavy atom. The standard InChI is InChI=1S/C20H34.C20H32.C19H24O6.C19H22O6/c1-13-11-20-12-15(13)7-8-16(20)19(5)10-6-9-18(3,4)17(19)14(20)2;1-14-12-20-11-8-16-18(2,3)9-5-10-19(16,4)17(20)7-6-15(14)13-20;2*1-9-7-17-8-18(9,24)5-3-10(17)19-6-4-11(20)16(2,15(23)25-19)13(19)12(17)14(21)22/h13-17H,6-12H2,1-5H3;15-17H,1,5-13H2,2-4H3;10-13,20,24H,1,3-8H2,2H3,(H,21,22);4,6,10-13,20,24H,1,3,5,7-8H2,2H3,(H,21,22)/t13-,14-,15+,16-,17+,19-,20+;15-,16+,17-,19-,20-;10-,11+,12-,13-,16+,17+,18+,19-;10?,11-,12+,13?,16-,17-,18-,19?/m0010/s1. The number of aliphatic hydroxyl groups is 4. The molecular formula is C78H112O12. The lowest BCUT2D eigenvalue weighted by atomic mass is 9.41. The van der Waals surface area contributed by atoms with Gasteiger partial charge in [-0.25, -0.2) is 0 Å². The van der Waals surface area contributed by atoms with Gasteiger partial charge in [0.15, 0.2) is 0 Å². The number of allylic oxidation sites excluding steroid dienone is 1. The quantitative estimate of drug-likeness (QED) is 0.113. The number of aliphatic carboxylic acids is 2. The van der Waals surface area contributed by atoms with E-state index in [1.807, 2.05) is 0 Å². The number of carbonyl (C=O) groups is 4. The minimum Gasteiger partial charge on any atom is -0.481 e. The van der Waals surface area contributed by atoms with Crippen LogP contribution in [0.4, 0.5) is 0 Å². The second-order valence-electron chi connectivity index (χ2n) is 38.0. The molecule has 0 aromatic carbocycles. The number of hydrogen-bond donors (Lipinski definition) is 6. The number of carboxylic acids is 2. The van der Waals surface area contributed by atoms with Crippen LogP contribution in [0.25, 0.3) is 0 Å². The minimum atomic E-state index is -1.27. The first-order valence-electron chi connectivity index (χ1n) is 36.4. The van der Waals surface area contributed by atoms with Crippen molar-refractivity contribution in [3.8, 4) is 0 Å². The van der Waals surface area contributed by atoms with E-state index in [0.717, 1.165) is 52.8 Å². The largest absolute Gasteiger partial charge is 0.481 e. The number of esters is 2. The number of hydrogen-bond acceptors (Lipinski definition) is 10. The highest BCUT2D eigenvalue weighted by Crippen LogP contribution is 2.82. The number of carbonyl (C=O) groups excluding carboxylic acids is 2. The molecule has 0 amide bonds. The Labute approximate surface area is 537 Å². The zero-order chi connectivity index (χ0) is 64.5. The molecule has 2 aliphatic heterocycles. The van der Waals surface area contributed by atoms with Crippen molar-refractivity contribution >= 4 is 23.9 Å². The summed E-state index contributed by atoms with van der Waals surface area (Å²) in [6.07, 6.45) is 30.2. The Morgan fingerprint density at radius 2 is 1.12 bits per heavy atom. The van der Waals surface area contributed by atoms with Crippen molar-refractivity contribution in [2.24, 2.45) is 137 Å². The Balaban J connectivity index is 0.000000101. The smallest absolute Gasteiger partial charge is 0.316 e. The maximum Gasteiger partial charge on any atom is 0.316 e. The summed E-state index contributed by atoms with van der Waals surface area (Å²) in [5.41, 5.74) is -0.723. The molecule has 16 aliphatic carbocycles. The van der Waals surface area contributed by atoms with E-state index in [1.165, 1.54) is 77.0 Å². The summed E-state index contributed by atoms with van der Waals surface area (Å²) >= 11 is 0. The van der Waals surface area contributed by atoms with Gasteiger partial charge >= 0.3 is 23.9 Å². The maximum atomic E-state index is 12.7. The summed E-state index contributed by atoms with van der Waals surface area (Å²) in [5.74, 6) is 1.92. The highest BCUT2D eigenvalue weighted by atomic mass is 16.6. The molecule has 2 heterocycles. The molecule has 12 bridgehead atoms. The van der Waals surface area contributed by atoms with Gasteiger partial charge in [-0.2, -0.15) is 0 Å². The molecule has 18 rings (SSSR count). The molecule has 18 aliphatic rings. The Bertz CT molecular complexity index is 3190. The molecule has 12 heteroatoms. The summed E-state index contributed by atoms with van der Waals surface area (Å²) in [6.45, 7) is 36.7. The van der Waals surface area contributed by atoms with E-state index in [4.69, 9.17) is 9.47 Å². The lowest BCUT2D eigenvalue weighted by molar-refractivity contribution is -0.165. The fourth-order valence-electron chi connectivity index (χ4n) is 31.1. The van der Waals surface area contributed by atoms with E-state index in [9.17, 15) is 49.8 Å². The van der Waals surface area contributed by atoms with E-state index in [1.54, 1.807) is 57.3 Å². The van der Waals surface area contributed by atoms with Gasteiger partial charge in [0.25, 0.3) is 0 Å². The number of carboxylic acid groups (broad SMARTS) is 2. The summed E-state index contributed by atoms with van der Waals surface area (Å²) in [5, 5.41) is 63.3. The summed E-state index contributed by atoms with van der Waals surface area (Å²) < 4.78 is 11.8. The SMILES string of the molecule is C=C1C[C@]23CC[C@@H]4C(C)(C)CCC[C@]4(C)[C@@H]2CC[C@H]1C3.C=C1C[C@]23C[C@@]1(O)CCC2C12C=C[C@H](O)[C@](C)(C(=O)O1)C2[C@@H]3C(=O)O.C=C1C[C@]23C[C@@]1(O)CC[C@H]2[C@@]12CC[C@H](O)[C@](C)(C(=O)O1)[C@H]2[C@@H]3C(=O)O.C[C@H]1C[C@]23C[C@H]1CC[C@H]2[C@]1(C)CCCC(C)(C)[C@H]1[C@@H]3C. The molecule has 0 radical (unpaired) electrons. The average molecular weight is 1240 g/mol. The number of fused-ring (bicyclic) bond motifs is 8. The van der Waals surface area contributed by atoms with Crippen molar-refractivity contribution in [2.45, 2.75) is 271 Å². The van der Waals surface area contributed by atoms with E-state index in [2.05, 4.69) is 75.1 Å². The lowest BCUT2D eigenvalue weighted by Gasteiger charge is -2.64. The molecule has 0 aromatic rings. The van der Waals surface area contributed by atoms with Gasteiger partial charge in [-0.3, -0.25) is 19.2 Å². The average Bonchev–Trinajstić information content (AvgIpc) is 1.49. The van der Waals surface area contributed by atoms with E-state index in [0.29, 0.717) is 102 Å². The van der Waals surface area contributed by atoms with Crippen molar-refractivity contribution in [1.82, 2.24) is 0 Å². The summed E-state index contributed by atoms with van der Waals surface area (Å²) in [4.78, 5) is 50.2. The molecule has 496 valence electrons. The Morgan fingerprint density at radius 1 is 0.544 bits per heavy atom. The predicted octanol–water partition coefficient (Wildman–Crippen LogP) is 14.2. The van der Waals surface area contributed by atoms with E-state index < -0.39 is 104 Å². The summed E-state index contributed by atoms with van der Waals surface area (Å²) in [7, 11) is 0. The molecule has 4 spiro atoms. The van der Waals surface area contributed by atoms with Crippen LogP contribution >= 0.6 is 0 Å². The van der Waals surface area contributed by atoms with Crippen LogP contribution in [-0.4, -0.2) is 89.1 Å². The van der Waals surface area contributed by atoms with Gasteiger partial charge in [-0.1, -0.05) is 99.6 Å². The molecule has 3 unspecified atom stereocenters. The number of aliphatic hydroxyl groups excluding tert-OH is 2. The van der Waals surface area contributed by atoms with Crippen LogP contribution in [0, 0.1) is 137 Å². The van der Waals surface area contributed by atoms with E-state index >= 15 is 0 Å². The van der Waals surface area contributed by atoms with Crippen LogP contribution in [0.3, 0.4) is 0 Å². The van der Waals surface area contributed by atoms with Gasteiger partial charge in [0.2, 0.25) is 0 Å². The van der Waals surface area contributed by atoms with Crippen molar-refractivity contribution < 1.29 is 59.3 Å². The molecular weight excluding hydrogens is 1130 g/mol. The van der Waals surface area contributed by atoms with Crippen LogP contribution in [0.2, 0.25) is 0 Å². The van der Waals surface area contributed by atoms with Gasteiger partial charge in [0.1, 0.15) is 16.6 Å². The minimum absolute atomic E-state index is 0.0936. The van der Waals surface area contributed by atoms with Crippen LogP contribution in [0.5, 0.6) is 0 Å². The van der Waals surface area contributed by atoms with Crippen LogP contribution in [-0.2, 0) is 28.7 Å². The van der Waals surface area contributed by atoms with E-state index in [-0.39, 0.29) is 11.8 Å². The zero-order valence-electron chi connectivity index (χ0n) is 56.5. The molecule has 17 fully saturated rings. The molecule has 12 nitrogen and oxygen atoms in total. The Kier molecular flexibility index (Phi) is 13.3. The highest BCUT2D eigenvalue weighted by Gasteiger charge is 2.86. The third-order valence-electron chi connectivity index (χ3n) is 34.0. The van der Waals surface area contributed by atoms with Crippen molar-refractivity contribution in [2.75, 3.05) is 0 Å². The van der Waals surface area contributed by atoms with Gasteiger partial charge in [0.05, 0.1) is 40.7 Å². The second kappa shape index (κ2) is 19.0. The van der Waals surface area contributed by atoms with Crippen LogP contribution in [0.1, 0.15) is 236 Å². The highest BCUT2D eigenvalue weighted by molar-refractivity contribution is 5.87. The van der Waals surface area contributed by atoms with Crippen molar-refractivity contribution in [3.63, 3.8) is 0 Å². The third kappa shape index (κ3) is 7.42. The van der Waals surface area contributed by atoms with Gasteiger partial charge in [-0.05, 0) is 276 Å². The first-order chi connectivity index (χ1) is 41.9. The van der Waals surface area contributed by atoms with Gasteiger partial charge in [-0.15, -0.1) is 0 Å². The molecule has 2 saturated heterocycles. The normalized spacial score (nSPS) is 57.6. The van der Waals surface area contributed by atoms with Gasteiger partial charge in [0, 0.05) is 23.7 Å². The maximum absolute atomic E-state index is 12.7. The van der Waals surface area contributed by atoms with Gasteiger partial charge < -0.3 is 40.1 Å². The molecule has 6 N–H and O–H groups in total. The molecule has 28 atom stereocenters. The fraction of sp³-hybridized carbons (Fsp3) is 0.846. The topological polar surface area (TPSA) is 208 Å². The summed E-state index contributed by atoms with van der Waals surface area (Å²) in [6, 6.07) is 0. The molecule has 15 saturated carbocycles. The third-order valence-corrected chi connectivity index (χ3v) is 34.0. The van der Waals surface area contributed by atoms with Crippen LogP contribution < -0.4 is 0 Å². The zero-order valence-corrected chi connectivity index (χ0v) is 56.5. The van der Waals surface area contributed by atoms with Crippen molar-refractivity contribution in [3.05, 3.63) is 48.6 Å². The van der Waals surface area contributed by atoms with Crippen LogP contribution in [0.15, 0.2) is 48.6 Å². The number of rotatable bonds is 2. The second-order valence-corrected chi connectivity index (χ2v) is 38.0. The monoisotopic (exact) mass is 1240 g/mol. The first-order valence-corrected chi connectivity index (χ1v) is 36.4. The fourth-order valence-corrected chi connectivity index (χ4v) is 31.1. The molecule has 90 heavy (non-hydrogen) atoms. The first kappa shape index (κ1) is 62.8. The molecule has 0 aromatic heterocycles. The lowest BCUT2D eigenvalue weighted by Crippen LogP contribution is -2.55. The van der Waals surface area contributed by atoms with Crippen molar-refractivity contribution in [1.29, 1.82) is 0 Å². The Hall–Kier alpha value is -3.32. The predicted molar refractivity (Wildman–Crippen MR) is 341 cm³/mol. The number of ether oxygens (including phenoxy) is 2.